The summed E-state index contributed by atoms with van der Waals surface area (Å²) >= 11 is 0. The van der Waals surface area contributed by atoms with E-state index in [0.29, 0.717) is 51.3 Å². The van der Waals surface area contributed by atoms with Crippen molar-refractivity contribution in [2.24, 2.45) is 0 Å². The summed E-state index contributed by atoms with van der Waals surface area (Å²) < 4.78 is 49.0. The molecule has 268 valence electrons. The fourth-order valence-corrected chi connectivity index (χ4v) is 6.14. The van der Waals surface area contributed by atoms with Gasteiger partial charge in [-0.25, -0.2) is 0 Å². The quantitative estimate of drug-likeness (QED) is 0.166. The molecule has 0 N–H and O–H groups in total. The Morgan fingerprint density at radius 2 is 1.22 bits per heavy atom. The summed E-state index contributed by atoms with van der Waals surface area (Å²) in [6.07, 6.45) is 0.915. The zero-order valence-corrected chi connectivity index (χ0v) is 31.5. The van der Waals surface area contributed by atoms with Crippen molar-refractivity contribution in [1.29, 1.82) is 0 Å². The van der Waals surface area contributed by atoms with Crippen molar-refractivity contribution < 1.29 is 37.9 Å². The lowest BCUT2D eigenvalue weighted by atomic mass is 9.84. The Hall–Kier alpha value is -3.14. The van der Waals surface area contributed by atoms with Crippen molar-refractivity contribution in [2.45, 2.75) is 138 Å². The SMILES string of the molecule is CCc1cc(COCc2cc(C(C)(C)C)cc(COCc3cc(C(C)C)cc4c3OC(C)(C)OC4)c2OCOC)c2c(c1)COC(C)(C)O2. The Bertz CT molecular complexity index is 1610. The Labute approximate surface area is 293 Å². The first-order chi connectivity index (χ1) is 23.1. The van der Waals surface area contributed by atoms with E-state index < -0.39 is 11.6 Å². The van der Waals surface area contributed by atoms with E-state index in [1.165, 1.54) is 16.7 Å². The molecule has 0 saturated heterocycles. The molecule has 8 nitrogen and oxygen atoms in total. The van der Waals surface area contributed by atoms with Gasteiger partial charge in [0.25, 0.3) is 0 Å². The average Bonchev–Trinajstić information content (AvgIpc) is 3.03. The van der Waals surface area contributed by atoms with Crippen LogP contribution in [0, 0.1) is 0 Å². The van der Waals surface area contributed by atoms with E-state index in [9.17, 15) is 0 Å². The van der Waals surface area contributed by atoms with Crippen LogP contribution in [0.1, 0.15) is 125 Å². The third kappa shape index (κ3) is 9.16. The summed E-state index contributed by atoms with van der Waals surface area (Å²) in [6.45, 7) is 23.5. The molecule has 0 amide bonds. The summed E-state index contributed by atoms with van der Waals surface area (Å²) in [4.78, 5) is 0. The number of benzene rings is 3. The van der Waals surface area contributed by atoms with Crippen LogP contribution >= 0.6 is 0 Å². The van der Waals surface area contributed by atoms with Crippen molar-refractivity contribution >= 4 is 0 Å². The van der Waals surface area contributed by atoms with Gasteiger partial charge in [-0.2, -0.15) is 0 Å². The minimum atomic E-state index is -0.703. The summed E-state index contributed by atoms with van der Waals surface area (Å²) in [5.41, 5.74) is 9.53. The lowest BCUT2D eigenvalue weighted by Gasteiger charge is -2.34. The molecular formula is C41H56O8. The van der Waals surface area contributed by atoms with Gasteiger partial charge in [0.05, 0.1) is 39.6 Å². The summed E-state index contributed by atoms with van der Waals surface area (Å²) in [6, 6.07) is 13.1. The Morgan fingerprint density at radius 1 is 0.714 bits per heavy atom. The first kappa shape index (κ1) is 37.1. The molecule has 0 radical (unpaired) electrons. The number of fused-ring (bicyclic) bond motifs is 2. The van der Waals surface area contributed by atoms with E-state index in [2.05, 4.69) is 77.9 Å². The molecule has 0 saturated carbocycles. The molecule has 49 heavy (non-hydrogen) atoms. The zero-order chi connectivity index (χ0) is 35.6. The van der Waals surface area contributed by atoms with Gasteiger partial charge in [-0.05, 0) is 70.8 Å². The first-order valence-corrected chi connectivity index (χ1v) is 17.5. The van der Waals surface area contributed by atoms with Gasteiger partial charge in [0.15, 0.2) is 6.79 Å². The number of hydrogen-bond donors (Lipinski definition) is 0. The molecule has 0 aliphatic carbocycles. The molecule has 3 aromatic rings. The predicted molar refractivity (Wildman–Crippen MR) is 190 cm³/mol. The van der Waals surface area contributed by atoms with Crippen LogP contribution in [0.15, 0.2) is 36.4 Å². The van der Waals surface area contributed by atoms with Gasteiger partial charge in [-0.3, -0.25) is 0 Å². The lowest BCUT2D eigenvalue weighted by Crippen LogP contribution is -2.36. The smallest absolute Gasteiger partial charge is 0.205 e. The molecular weight excluding hydrogens is 620 g/mol. The van der Waals surface area contributed by atoms with E-state index in [-0.39, 0.29) is 12.2 Å². The summed E-state index contributed by atoms with van der Waals surface area (Å²) in [7, 11) is 1.63. The topological polar surface area (TPSA) is 73.8 Å². The highest BCUT2D eigenvalue weighted by molar-refractivity contribution is 5.48. The molecule has 0 unspecified atom stereocenters. The molecule has 0 fully saturated rings. The number of ether oxygens (including phenoxy) is 8. The molecule has 2 heterocycles. The molecule has 2 aliphatic rings. The molecule has 0 atom stereocenters. The maximum Gasteiger partial charge on any atom is 0.205 e. The molecule has 5 rings (SSSR count). The second kappa shape index (κ2) is 15.0. The minimum Gasteiger partial charge on any atom is -0.467 e. The summed E-state index contributed by atoms with van der Waals surface area (Å²) in [5, 5.41) is 0. The van der Waals surface area contributed by atoms with Crippen LogP contribution in [-0.4, -0.2) is 25.5 Å². The molecule has 0 aromatic heterocycles. The Balaban J connectivity index is 1.41. The number of methoxy groups -OCH3 is 1. The van der Waals surface area contributed by atoms with E-state index in [0.717, 1.165) is 51.3 Å². The van der Waals surface area contributed by atoms with Crippen LogP contribution < -0.4 is 14.2 Å². The highest BCUT2D eigenvalue weighted by Gasteiger charge is 2.31. The van der Waals surface area contributed by atoms with Gasteiger partial charge in [0, 0.05) is 68.2 Å². The van der Waals surface area contributed by atoms with Gasteiger partial charge in [-0.15, -0.1) is 0 Å². The number of rotatable bonds is 13. The third-order valence-electron chi connectivity index (χ3n) is 8.95. The highest BCUT2D eigenvalue weighted by Crippen LogP contribution is 2.39. The van der Waals surface area contributed by atoms with Crippen LogP contribution in [0.25, 0.3) is 0 Å². The zero-order valence-electron chi connectivity index (χ0n) is 31.5. The van der Waals surface area contributed by atoms with Gasteiger partial charge in [0.2, 0.25) is 11.6 Å². The first-order valence-electron chi connectivity index (χ1n) is 17.5. The van der Waals surface area contributed by atoms with Crippen LogP contribution in [0.3, 0.4) is 0 Å². The number of hydrogen-bond acceptors (Lipinski definition) is 8. The molecule has 0 spiro atoms. The van der Waals surface area contributed by atoms with Gasteiger partial charge < -0.3 is 37.9 Å². The van der Waals surface area contributed by atoms with E-state index in [1.54, 1.807) is 7.11 Å². The largest absolute Gasteiger partial charge is 0.467 e. The van der Waals surface area contributed by atoms with Crippen molar-refractivity contribution in [3.8, 4) is 17.2 Å². The summed E-state index contributed by atoms with van der Waals surface area (Å²) in [5.74, 6) is 1.38. The number of aryl methyl sites for hydroxylation is 1. The van der Waals surface area contributed by atoms with E-state index in [4.69, 9.17) is 37.9 Å². The molecule has 0 bridgehead atoms. The molecule has 8 heteroatoms. The minimum absolute atomic E-state index is 0.108. The van der Waals surface area contributed by atoms with Gasteiger partial charge >= 0.3 is 0 Å². The van der Waals surface area contributed by atoms with Crippen molar-refractivity contribution in [2.75, 3.05) is 13.9 Å². The van der Waals surface area contributed by atoms with Crippen molar-refractivity contribution in [1.82, 2.24) is 0 Å². The maximum atomic E-state index is 6.49. The second-order valence-corrected chi connectivity index (χ2v) is 15.4. The molecule has 3 aromatic carbocycles. The highest BCUT2D eigenvalue weighted by atomic mass is 16.7. The van der Waals surface area contributed by atoms with Crippen LogP contribution in [0.5, 0.6) is 17.2 Å². The molecule has 2 aliphatic heterocycles. The van der Waals surface area contributed by atoms with Gasteiger partial charge in [0.1, 0.15) is 17.2 Å². The Kier molecular flexibility index (Phi) is 11.4. The fourth-order valence-electron chi connectivity index (χ4n) is 6.14. The monoisotopic (exact) mass is 676 g/mol. The standard InChI is InChI=1S/C41H56O8/c1-12-27-13-29(37-30(14-27)23-46-40(7,8)48-37)19-43-21-33-17-35(39(4,5)6)18-34(36(33)45-25-42-11)22-44-20-31-15-28(26(2)3)16-32-24-47-41(9,10)49-38(31)32/h13-18,26H,12,19-25H2,1-11H3. The predicted octanol–water partition coefficient (Wildman–Crippen LogP) is 9.38. The van der Waals surface area contributed by atoms with Crippen LogP contribution in [-0.2, 0) is 75.2 Å². The maximum absolute atomic E-state index is 6.49. The van der Waals surface area contributed by atoms with Crippen molar-refractivity contribution in [3.63, 3.8) is 0 Å². The van der Waals surface area contributed by atoms with Crippen molar-refractivity contribution in [3.05, 3.63) is 86.5 Å². The normalized spacial score (nSPS) is 16.5. The van der Waals surface area contributed by atoms with E-state index in [1.807, 2.05) is 27.7 Å². The van der Waals surface area contributed by atoms with E-state index >= 15 is 0 Å². The third-order valence-corrected chi connectivity index (χ3v) is 8.95. The fraction of sp³-hybridized carbons (Fsp3) is 0.561. The van der Waals surface area contributed by atoms with Gasteiger partial charge in [-0.1, -0.05) is 41.5 Å². The lowest BCUT2D eigenvalue weighted by molar-refractivity contribution is -0.181. The second-order valence-electron chi connectivity index (χ2n) is 15.4. The Morgan fingerprint density at radius 3 is 1.71 bits per heavy atom. The van der Waals surface area contributed by atoms with Crippen LogP contribution in [0.2, 0.25) is 0 Å². The van der Waals surface area contributed by atoms with Crippen LogP contribution in [0.4, 0.5) is 0 Å². The average molecular weight is 677 g/mol.